The molecule has 0 amide bonds. The first-order chi connectivity index (χ1) is 10.2. The summed E-state index contributed by atoms with van der Waals surface area (Å²) in [5.41, 5.74) is 8.32. The summed E-state index contributed by atoms with van der Waals surface area (Å²) in [6, 6.07) is 4.24. The maximum Gasteiger partial charge on any atom is 0.172 e. The quantitative estimate of drug-likeness (QED) is 0.631. The molecule has 0 radical (unpaired) electrons. The van der Waals surface area contributed by atoms with Crippen LogP contribution >= 0.6 is 34.4 Å². The molecular formula is C13H10IN5OS. The molecule has 0 saturated carbocycles. The van der Waals surface area contributed by atoms with Crippen molar-refractivity contribution >= 4 is 51.3 Å². The van der Waals surface area contributed by atoms with Gasteiger partial charge in [-0.1, -0.05) is 11.8 Å². The van der Waals surface area contributed by atoms with Crippen LogP contribution in [-0.2, 0) is 6.42 Å². The maximum atomic E-state index is 5.81. The number of hydrogen-bond acceptors (Lipinski definition) is 6. The van der Waals surface area contributed by atoms with E-state index >= 15 is 0 Å². The molecule has 21 heavy (non-hydrogen) atoms. The van der Waals surface area contributed by atoms with E-state index in [9.17, 15) is 0 Å². The molecule has 0 bridgehead atoms. The molecule has 3 aromatic rings. The van der Waals surface area contributed by atoms with Crippen LogP contribution in [0.5, 0.6) is 5.75 Å². The lowest BCUT2D eigenvalue weighted by molar-refractivity contribution is 0.356. The number of halogens is 1. The molecule has 6 nitrogen and oxygen atoms in total. The van der Waals surface area contributed by atoms with E-state index in [1.807, 2.05) is 0 Å². The number of H-pyrrole nitrogens is 1. The number of nitrogen functional groups attached to an aromatic ring is 1. The Balaban J connectivity index is 1.73. The van der Waals surface area contributed by atoms with E-state index in [4.69, 9.17) is 10.5 Å². The monoisotopic (exact) mass is 411 g/mol. The summed E-state index contributed by atoms with van der Waals surface area (Å²) in [6.45, 7) is 0.760. The van der Waals surface area contributed by atoms with Crippen LogP contribution < -0.4 is 10.5 Å². The highest BCUT2D eigenvalue weighted by Crippen LogP contribution is 2.37. The maximum absolute atomic E-state index is 5.81. The van der Waals surface area contributed by atoms with Crippen molar-refractivity contribution in [3.8, 4) is 5.75 Å². The average Bonchev–Trinajstić information content (AvgIpc) is 3.06. The third-order valence-corrected chi connectivity index (χ3v) is 5.44. The van der Waals surface area contributed by atoms with Crippen LogP contribution in [0.25, 0.3) is 11.2 Å². The van der Waals surface area contributed by atoms with Gasteiger partial charge in [-0.15, -0.1) is 0 Å². The minimum Gasteiger partial charge on any atom is -0.493 e. The molecule has 106 valence electrons. The van der Waals surface area contributed by atoms with Gasteiger partial charge in [0.2, 0.25) is 0 Å². The lowest BCUT2D eigenvalue weighted by atomic mass is 10.2. The van der Waals surface area contributed by atoms with Gasteiger partial charge in [0.15, 0.2) is 22.1 Å². The normalized spacial score (nSPS) is 13.4. The first-order valence-electron chi connectivity index (χ1n) is 6.30. The predicted octanol–water partition coefficient (Wildman–Crippen LogP) is 2.63. The number of nitrogens with one attached hydrogen (secondary N) is 1. The Morgan fingerprint density at radius 1 is 1.33 bits per heavy atom. The second kappa shape index (κ2) is 5.02. The van der Waals surface area contributed by atoms with E-state index in [0.717, 1.165) is 32.4 Å². The number of nitrogens with zero attached hydrogens (tertiary/aromatic N) is 3. The number of benzene rings is 1. The van der Waals surface area contributed by atoms with E-state index in [0.29, 0.717) is 17.0 Å². The number of ether oxygens (including phenoxy) is 1. The zero-order chi connectivity index (χ0) is 14.4. The van der Waals surface area contributed by atoms with Gasteiger partial charge in [-0.2, -0.15) is 0 Å². The number of imidazole rings is 1. The van der Waals surface area contributed by atoms with Crippen molar-refractivity contribution in [2.45, 2.75) is 16.5 Å². The fourth-order valence-corrected chi connectivity index (χ4v) is 3.85. The Labute approximate surface area is 138 Å². The summed E-state index contributed by atoms with van der Waals surface area (Å²) in [6.07, 6.45) is 2.39. The lowest BCUT2D eigenvalue weighted by Crippen LogP contribution is -1.91. The van der Waals surface area contributed by atoms with Gasteiger partial charge in [0.05, 0.1) is 6.61 Å². The first kappa shape index (κ1) is 13.1. The number of anilines is 1. The van der Waals surface area contributed by atoms with Crippen molar-refractivity contribution in [1.82, 2.24) is 19.9 Å². The molecule has 0 aliphatic carbocycles. The molecule has 1 aromatic carbocycles. The molecule has 3 heterocycles. The summed E-state index contributed by atoms with van der Waals surface area (Å²) in [4.78, 5) is 16.9. The zero-order valence-electron chi connectivity index (χ0n) is 10.8. The molecule has 0 fully saturated rings. The second-order valence-corrected chi connectivity index (χ2v) is 6.78. The molecule has 0 spiro atoms. The van der Waals surface area contributed by atoms with Crippen molar-refractivity contribution in [2.24, 2.45) is 0 Å². The number of aromatic amines is 1. The van der Waals surface area contributed by atoms with Crippen molar-refractivity contribution in [1.29, 1.82) is 0 Å². The number of hydrogen-bond donors (Lipinski definition) is 2. The van der Waals surface area contributed by atoms with Gasteiger partial charge in [-0.05, 0) is 40.3 Å². The van der Waals surface area contributed by atoms with E-state index < -0.39 is 0 Å². The van der Waals surface area contributed by atoms with E-state index in [2.05, 4.69) is 54.7 Å². The van der Waals surface area contributed by atoms with Crippen LogP contribution in [0.15, 0.2) is 28.5 Å². The topological polar surface area (TPSA) is 89.7 Å². The summed E-state index contributed by atoms with van der Waals surface area (Å²) in [5.74, 6) is 1.38. The molecule has 1 aliphatic rings. The Morgan fingerprint density at radius 3 is 3.10 bits per heavy atom. The predicted molar refractivity (Wildman–Crippen MR) is 88.6 cm³/mol. The van der Waals surface area contributed by atoms with Gasteiger partial charge >= 0.3 is 0 Å². The van der Waals surface area contributed by atoms with Crippen LogP contribution in [-0.4, -0.2) is 26.5 Å². The number of aromatic nitrogens is 4. The fraction of sp³-hybridized carbons (Fsp3) is 0.154. The summed E-state index contributed by atoms with van der Waals surface area (Å²) >= 11 is 3.87. The van der Waals surface area contributed by atoms with Gasteiger partial charge in [-0.25, -0.2) is 15.0 Å². The third-order valence-electron chi connectivity index (χ3n) is 3.24. The summed E-state index contributed by atoms with van der Waals surface area (Å²) in [7, 11) is 0. The first-order valence-corrected chi connectivity index (χ1v) is 8.19. The summed E-state index contributed by atoms with van der Waals surface area (Å²) < 4.78 is 6.71. The van der Waals surface area contributed by atoms with Gasteiger partial charge in [-0.3, -0.25) is 0 Å². The second-order valence-electron chi connectivity index (χ2n) is 4.59. The number of rotatable bonds is 2. The molecule has 3 N–H and O–H groups in total. The number of fused-ring (bicyclic) bond motifs is 2. The van der Waals surface area contributed by atoms with Crippen LogP contribution in [0.1, 0.15) is 5.56 Å². The molecule has 0 saturated heterocycles. The van der Waals surface area contributed by atoms with Crippen LogP contribution in [0.4, 0.5) is 5.82 Å². The minimum atomic E-state index is 0.389. The van der Waals surface area contributed by atoms with Crippen molar-refractivity contribution in [3.63, 3.8) is 0 Å². The molecule has 8 heteroatoms. The smallest absolute Gasteiger partial charge is 0.172 e. The molecule has 2 aromatic heterocycles. The molecule has 1 aliphatic heterocycles. The fourth-order valence-electron chi connectivity index (χ4n) is 2.23. The van der Waals surface area contributed by atoms with Crippen LogP contribution in [0.2, 0.25) is 0 Å². The van der Waals surface area contributed by atoms with Crippen LogP contribution in [0, 0.1) is 3.57 Å². The standard InChI is InChI=1S/C13H10IN5OS/c14-7-4-8-6(1-2-20-8)3-9(7)21-13-18-10-11(15)16-5-17-12(10)19-13/h3-5H,1-2H2,(H3,15,16,17,18,19). The van der Waals surface area contributed by atoms with Gasteiger partial charge in [0.25, 0.3) is 0 Å². The van der Waals surface area contributed by atoms with Crippen molar-refractivity contribution < 1.29 is 4.74 Å². The molecular weight excluding hydrogens is 401 g/mol. The Bertz CT molecular complexity index is 850. The Kier molecular flexibility index (Phi) is 3.14. The molecule has 4 rings (SSSR count). The van der Waals surface area contributed by atoms with Crippen LogP contribution in [0.3, 0.4) is 0 Å². The summed E-state index contributed by atoms with van der Waals surface area (Å²) in [5, 5.41) is 0.758. The Hall–Kier alpha value is -1.55. The number of nitrogens with two attached hydrogens (primary N) is 1. The van der Waals surface area contributed by atoms with Gasteiger partial charge in [0, 0.05) is 14.9 Å². The van der Waals surface area contributed by atoms with E-state index in [-0.39, 0.29) is 0 Å². The zero-order valence-corrected chi connectivity index (χ0v) is 13.7. The largest absolute Gasteiger partial charge is 0.493 e. The van der Waals surface area contributed by atoms with Crippen molar-refractivity contribution in [3.05, 3.63) is 27.6 Å². The lowest BCUT2D eigenvalue weighted by Gasteiger charge is -2.05. The molecule has 0 atom stereocenters. The van der Waals surface area contributed by atoms with Crippen molar-refractivity contribution in [2.75, 3.05) is 12.3 Å². The highest BCUT2D eigenvalue weighted by atomic mass is 127. The third kappa shape index (κ3) is 2.31. The molecule has 0 unspecified atom stereocenters. The minimum absolute atomic E-state index is 0.389. The Morgan fingerprint density at radius 2 is 2.24 bits per heavy atom. The van der Waals surface area contributed by atoms with E-state index in [1.165, 1.54) is 11.9 Å². The highest BCUT2D eigenvalue weighted by Gasteiger charge is 2.17. The average molecular weight is 411 g/mol. The SMILES string of the molecule is Nc1ncnc2[nH]c(Sc3cc4c(cc3I)OCC4)nc12. The highest BCUT2D eigenvalue weighted by molar-refractivity contribution is 14.1. The van der Waals surface area contributed by atoms with E-state index in [1.54, 1.807) is 11.8 Å². The van der Waals surface area contributed by atoms with Gasteiger partial charge in [0.1, 0.15) is 12.1 Å². The van der Waals surface area contributed by atoms with Gasteiger partial charge < -0.3 is 15.5 Å².